The minimum Gasteiger partial charge on any atom is -0.354 e. The zero-order valence-electron chi connectivity index (χ0n) is 16.7. The molecule has 0 saturated carbocycles. The van der Waals surface area contributed by atoms with Crippen LogP contribution in [-0.2, 0) is 20.0 Å². The van der Waals surface area contributed by atoms with Gasteiger partial charge >= 0.3 is 0 Å². The summed E-state index contributed by atoms with van der Waals surface area (Å²) in [5, 5.41) is 13.7. The number of guanidine groups is 1. The summed E-state index contributed by atoms with van der Waals surface area (Å²) < 4.78 is 1.94. The van der Waals surface area contributed by atoms with E-state index in [0.717, 1.165) is 29.2 Å². The maximum Gasteiger partial charge on any atom is 0.191 e. The topological polar surface area (TPSA) is 67.1 Å². The van der Waals surface area contributed by atoms with Crippen LogP contribution < -0.4 is 10.6 Å². The van der Waals surface area contributed by atoms with E-state index in [4.69, 9.17) is 0 Å². The maximum absolute atomic E-state index is 4.53. The molecule has 142 valence electrons. The molecule has 0 spiro atoms. The van der Waals surface area contributed by atoms with E-state index in [0.29, 0.717) is 6.54 Å². The maximum atomic E-state index is 4.53. The van der Waals surface area contributed by atoms with Crippen LogP contribution in [0.15, 0.2) is 41.5 Å². The number of aromatic nitrogens is 3. The fourth-order valence-electron chi connectivity index (χ4n) is 3.39. The van der Waals surface area contributed by atoms with Gasteiger partial charge in [-0.25, -0.2) is 0 Å². The van der Waals surface area contributed by atoms with Gasteiger partial charge in [0, 0.05) is 37.4 Å². The Kier molecular flexibility index (Phi) is 5.74. The molecule has 27 heavy (non-hydrogen) atoms. The van der Waals surface area contributed by atoms with Gasteiger partial charge in [-0.3, -0.25) is 14.7 Å². The monoisotopic (exact) mass is 364 g/mol. The zero-order chi connectivity index (χ0) is 19.4. The molecule has 3 rings (SSSR count). The van der Waals surface area contributed by atoms with Gasteiger partial charge in [-0.2, -0.15) is 5.10 Å². The standard InChI is InChI=1S/C21H28N6/c1-14(12-19-15(2)26-27(5)16(19)3)25-21(22-4)24-13-20-18-9-7-6-8-17(18)10-11-23-20/h6-11,14H,12-13H2,1-5H3,(H2,22,24,25). The van der Waals surface area contributed by atoms with E-state index in [1.807, 2.05) is 36.1 Å². The molecular formula is C21H28N6. The molecule has 0 aliphatic heterocycles. The molecule has 1 unspecified atom stereocenters. The number of pyridine rings is 1. The molecule has 0 aliphatic rings. The van der Waals surface area contributed by atoms with Gasteiger partial charge in [0.1, 0.15) is 0 Å². The first-order valence-corrected chi connectivity index (χ1v) is 9.28. The van der Waals surface area contributed by atoms with Gasteiger partial charge in [0.15, 0.2) is 5.96 Å². The molecular weight excluding hydrogens is 336 g/mol. The lowest BCUT2D eigenvalue weighted by atomic mass is 10.1. The molecule has 0 aliphatic carbocycles. The van der Waals surface area contributed by atoms with E-state index in [1.165, 1.54) is 16.6 Å². The van der Waals surface area contributed by atoms with Crippen molar-refractivity contribution >= 4 is 16.7 Å². The lowest BCUT2D eigenvalue weighted by molar-refractivity contribution is 0.634. The molecule has 1 atom stereocenters. The largest absolute Gasteiger partial charge is 0.354 e. The van der Waals surface area contributed by atoms with E-state index < -0.39 is 0 Å². The number of aliphatic imine (C=N–C) groups is 1. The Bertz CT molecular complexity index is 951. The van der Waals surface area contributed by atoms with Gasteiger partial charge in [-0.05, 0) is 44.2 Å². The predicted molar refractivity (Wildman–Crippen MR) is 111 cm³/mol. The number of hydrogen-bond acceptors (Lipinski definition) is 3. The average Bonchev–Trinajstić information content (AvgIpc) is 2.91. The molecule has 1 aromatic carbocycles. The number of nitrogens with zero attached hydrogens (tertiary/aromatic N) is 4. The number of aryl methyl sites for hydroxylation is 2. The number of nitrogens with one attached hydrogen (secondary N) is 2. The number of hydrogen-bond donors (Lipinski definition) is 2. The second kappa shape index (κ2) is 8.20. The molecule has 0 saturated heterocycles. The van der Waals surface area contributed by atoms with Crippen LogP contribution in [0.1, 0.15) is 29.6 Å². The molecule has 2 heterocycles. The molecule has 0 radical (unpaired) electrons. The van der Waals surface area contributed by atoms with Crippen LogP contribution in [0, 0.1) is 13.8 Å². The van der Waals surface area contributed by atoms with Crippen LogP contribution in [0.2, 0.25) is 0 Å². The van der Waals surface area contributed by atoms with Crippen LogP contribution in [0.3, 0.4) is 0 Å². The lowest BCUT2D eigenvalue weighted by Crippen LogP contribution is -2.43. The molecule has 0 bridgehead atoms. The van der Waals surface area contributed by atoms with Gasteiger partial charge < -0.3 is 10.6 Å². The van der Waals surface area contributed by atoms with Crippen molar-refractivity contribution in [3.05, 3.63) is 59.2 Å². The first kappa shape index (κ1) is 18.9. The fraction of sp³-hybridized carbons (Fsp3) is 0.381. The fourth-order valence-corrected chi connectivity index (χ4v) is 3.39. The van der Waals surface area contributed by atoms with Gasteiger partial charge in [0.25, 0.3) is 0 Å². The zero-order valence-corrected chi connectivity index (χ0v) is 16.7. The summed E-state index contributed by atoms with van der Waals surface area (Å²) in [6.07, 6.45) is 2.75. The van der Waals surface area contributed by atoms with Gasteiger partial charge in [0.2, 0.25) is 0 Å². The van der Waals surface area contributed by atoms with Gasteiger partial charge in [0.05, 0.1) is 17.9 Å². The van der Waals surface area contributed by atoms with Gasteiger partial charge in [-0.1, -0.05) is 24.3 Å². The summed E-state index contributed by atoms with van der Waals surface area (Å²) >= 11 is 0. The normalized spacial score (nSPS) is 13.0. The molecule has 2 aromatic heterocycles. The smallest absolute Gasteiger partial charge is 0.191 e. The van der Waals surface area contributed by atoms with Crippen molar-refractivity contribution in [2.75, 3.05) is 7.05 Å². The molecule has 0 fully saturated rings. The number of benzene rings is 1. The molecule has 6 heteroatoms. The highest BCUT2D eigenvalue weighted by Gasteiger charge is 2.14. The quantitative estimate of drug-likeness (QED) is 0.540. The van der Waals surface area contributed by atoms with Crippen LogP contribution in [-0.4, -0.2) is 33.8 Å². The number of fused-ring (bicyclic) bond motifs is 1. The third-order valence-corrected chi connectivity index (χ3v) is 4.96. The van der Waals surface area contributed by atoms with E-state index in [1.54, 1.807) is 7.05 Å². The van der Waals surface area contributed by atoms with Crippen molar-refractivity contribution in [1.82, 2.24) is 25.4 Å². The van der Waals surface area contributed by atoms with Crippen molar-refractivity contribution in [2.45, 2.75) is 39.8 Å². The summed E-state index contributed by atoms with van der Waals surface area (Å²) in [5.74, 6) is 0.774. The van der Waals surface area contributed by atoms with E-state index in [2.05, 4.69) is 58.6 Å². The molecule has 6 nitrogen and oxygen atoms in total. The Morgan fingerprint density at radius 1 is 1.22 bits per heavy atom. The lowest BCUT2D eigenvalue weighted by Gasteiger charge is -2.18. The van der Waals surface area contributed by atoms with Crippen molar-refractivity contribution in [3.8, 4) is 0 Å². The second-order valence-corrected chi connectivity index (χ2v) is 6.93. The Hall–Kier alpha value is -2.89. The van der Waals surface area contributed by atoms with Gasteiger partial charge in [-0.15, -0.1) is 0 Å². The third-order valence-electron chi connectivity index (χ3n) is 4.96. The summed E-state index contributed by atoms with van der Waals surface area (Å²) in [4.78, 5) is 8.89. The van der Waals surface area contributed by atoms with Crippen LogP contribution in [0.4, 0.5) is 0 Å². The highest BCUT2D eigenvalue weighted by Crippen LogP contribution is 2.16. The summed E-state index contributed by atoms with van der Waals surface area (Å²) in [6.45, 7) is 6.96. The molecule has 0 amide bonds. The first-order valence-electron chi connectivity index (χ1n) is 9.28. The summed E-state index contributed by atoms with van der Waals surface area (Å²) in [5.41, 5.74) is 4.61. The SMILES string of the molecule is CN=C(NCc1nccc2ccccc12)NC(C)Cc1c(C)nn(C)c1C. The van der Waals surface area contributed by atoms with Crippen molar-refractivity contribution in [2.24, 2.45) is 12.0 Å². The van der Waals surface area contributed by atoms with Crippen LogP contribution >= 0.6 is 0 Å². The summed E-state index contributed by atoms with van der Waals surface area (Å²) in [6, 6.07) is 10.6. The Morgan fingerprint density at radius 2 is 2.00 bits per heavy atom. The molecule has 2 N–H and O–H groups in total. The molecule has 3 aromatic rings. The highest BCUT2D eigenvalue weighted by atomic mass is 15.3. The van der Waals surface area contributed by atoms with Crippen LogP contribution in [0.25, 0.3) is 10.8 Å². The van der Waals surface area contributed by atoms with Crippen molar-refractivity contribution < 1.29 is 0 Å². The summed E-state index contributed by atoms with van der Waals surface area (Å²) in [7, 11) is 3.78. The predicted octanol–water partition coefficient (Wildman–Crippen LogP) is 2.88. The van der Waals surface area contributed by atoms with Crippen molar-refractivity contribution in [3.63, 3.8) is 0 Å². The van der Waals surface area contributed by atoms with Crippen molar-refractivity contribution in [1.29, 1.82) is 0 Å². The Labute approximate surface area is 160 Å². The van der Waals surface area contributed by atoms with E-state index in [9.17, 15) is 0 Å². The Balaban J connectivity index is 1.64. The number of rotatable bonds is 5. The first-order chi connectivity index (χ1) is 13.0. The average molecular weight is 364 g/mol. The second-order valence-electron chi connectivity index (χ2n) is 6.93. The van der Waals surface area contributed by atoms with E-state index >= 15 is 0 Å². The minimum atomic E-state index is 0.235. The third kappa shape index (κ3) is 4.27. The minimum absolute atomic E-state index is 0.235. The van der Waals surface area contributed by atoms with Crippen LogP contribution in [0.5, 0.6) is 0 Å². The highest BCUT2D eigenvalue weighted by molar-refractivity contribution is 5.85. The Morgan fingerprint density at radius 3 is 2.70 bits per heavy atom. The van der Waals surface area contributed by atoms with E-state index in [-0.39, 0.29) is 6.04 Å².